The van der Waals surface area contributed by atoms with Gasteiger partial charge in [0, 0.05) is 12.7 Å². The zero-order valence-electron chi connectivity index (χ0n) is 11.7. The van der Waals surface area contributed by atoms with Gasteiger partial charge in [-0.3, -0.25) is 9.78 Å². The Balaban J connectivity index is 1.80. The van der Waals surface area contributed by atoms with Crippen LogP contribution in [0, 0.1) is 0 Å². The number of carbonyl (C=O) groups is 1. The van der Waals surface area contributed by atoms with E-state index in [1.54, 1.807) is 0 Å². The molecule has 0 aliphatic rings. The maximum Gasteiger partial charge on any atom is 0.433 e. The lowest BCUT2D eigenvalue weighted by molar-refractivity contribution is -0.141. The van der Waals surface area contributed by atoms with Gasteiger partial charge in [0.05, 0.1) is 5.56 Å². The number of aromatic nitrogens is 1. The van der Waals surface area contributed by atoms with Gasteiger partial charge in [0.1, 0.15) is 5.69 Å². The van der Waals surface area contributed by atoms with E-state index >= 15 is 0 Å². The lowest BCUT2D eigenvalue weighted by atomic mass is 10.1. The second-order valence-electron chi connectivity index (χ2n) is 4.77. The van der Waals surface area contributed by atoms with E-state index in [4.69, 9.17) is 0 Å². The van der Waals surface area contributed by atoms with Crippen molar-refractivity contribution in [2.45, 2.75) is 19.0 Å². The van der Waals surface area contributed by atoms with Crippen molar-refractivity contribution in [3.8, 4) is 0 Å². The van der Waals surface area contributed by atoms with Crippen molar-refractivity contribution in [1.82, 2.24) is 10.3 Å². The fourth-order valence-electron chi connectivity index (χ4n) is 1.94. The number of pyridine rings is 1. The molecule has 2 aromatic rings. The van der Waals surface area contributed by atoms with Gasteiger partial charge in [-0.05, 0) is 30.5 Å². The third-order valence-electron chi connectivity index (χ3n) is 3.09. The molecule has 1 amide bonds. The molecular formula is C16H15F3N2O. The highest BCUT2D eigenvalue weighted by molar-refractivity contribution is 5.93. The minimum atomic E-state index is -4.50. The number of alkyl halides is 3. The molecule has 0 aliphatic carbocycles. The number of hydrogen-bond acceptors (Lipinski definition) is 2. The minimum absolute atomic E-state index is 0.118. The summed E-state index contributed by atoms with van der Waals surface area (Å²) < 4.78 is 37.1. The van der Waals surface area contributed by atoms with E-state index in [9.17, 15) is 18.0 Å². The molecule has 0 fully saturated rings. The second-order valence-corrected chi connectivity index (χ2v) is 4.77. The predicted molar refractivity (Wildman–Crippen MR) is 76.3 cm³/mol. The van der Waals surface area contributed by atoms with Gasteiger partial charge in [0.2, 0.25) is 0 Å². The van der Waals surface area contributed by atoms with Crippen molar-refractivity contribution in [2.75, 3.05) is 6.54 Å². The topological polar surface area (TPSA) is 42.0 Å². The number of amides is 1. The number of aryl methyl sites for hydroxylation is 1. The number of benzene rings is 1. The van der Waals surface area contributed by atoms with Crippen LogP contribution in [0.4, 0.5) is 13.2 Å². The largest absolute Gasteiger partial charge is 0.433 e. The molecule has 0 saturated heterocycles. The van der Waals surface area contributed by atoms with Gasteiger partial charge in [-0.25, -0.2) is 0 Å². The summed E-state index contributed by atoms with van der Waals surface area (Å²) in [6.07, 6.45) is -1.98. The predicted octanol–water partition coefficient (Wildman–Crippen LogP) is 3.46. The lowest BCUT2D eigenvalue weighted by Gasteiger charge is -2.07. The summed E-state index contributed by atoms with van der Waals surface area (Å²) in [4.78, 5) is 15.0. The second kappa shape index (κ2) is 7.06. The molecule has 1 aromatic carbocycles. The standard InChI is InChI=1S/C16H15F3N2O/c17-16(18,19)14-9-8-13(11-21-14)15(22)20-10-4-7-12-5-2-1-3-6-12/h1-3,5-6,8-9,11H,4,7,10H2,(H,20,22). The number of rotatable bonds is 5. The summed E-state index contributed by atoms with van der Waals surface area (Å²) in [6, 6.07) is 11.8. The fraction of sp³-hybridized carbons (Fsp3) is 0.250. The van der Waals surface area contributed by atoms with Crippen molar-refractivity contribution in [2.24, 2.45) is 0 Å². The van der Waals surface area contributed by atoms with Crippen molar-refractivity contribution in [3.05, 3.63) is 65.5 Å². The van der Waals surface area contributed by atoms with Crippen LogP contribution in [-0.2, 0) is 12.6 Å². The number of nitrogens with one attached hydrogen (secondary N) is 1. The molecule has 3 nitrogen and oxygen atoms in total. The SMILES string of the molecule is O=C(NCCCc1ccccc1)c1ccc(C(F)(F)F)nc1. The average Bonchev–Trinajstić information content (AvgIpc) is 2.52. The van der Waals surface area contributed by atoms with Gasteiger partial charge in [0.25, 0.3) is 5.91 Å². The smallest absolute Gasteiger partial charge is 0.352 e. The first-order valence-corrected chi connectivity index (χ1v) is 6.82. The van der Waals surface area contributed by atoms with Crippen molar-refractivity contribution >= 4 is 5.91 Å². The summed E-state index contributed by atoms with van der Waals surface area (Å²) in [7, 11) is 0. The average molecular weight is 308 g/mol. The van der Waals surface area contributed by atoms with Crippen molar-refractivity contribution < 1.29 is 18.0 Å². The molecule has 0 unspecified atom stereocenters. The summed E-state index contributed by atoms with van der Waals surface area (Å²) in [5.41, 5.74) is 0.286. The van der Waals surface area contributed by atoms with E-state index in [0.717, 1.165) is 31.2 Å². The van der Waals surface area contributed by atoms with Crippen LogP contribution >= 0.6 is 0 Å². The first-order valence-electron chi connectivity index (χ1n) is 6.82. The van der Waals surface area contributed by atoms with Crippen molar-refractivity contribution in [1.29, 1.82) is 0 Å². The molecule has 22 heavy (non-hydrogen) atoms. The Morgan fingerprint density at radius 3 is 2.41 bits per heavy atom. The van der Waals surface area contributed by atoms with Crippen LogP contribution in [0.15, 0.2) is 48.7 Å². The number of carbonyl (C=O) groups excluding carboxylic acids is 1. The Labute approximate surface area is 126 Å². The van der Waals surface area contributed by atoms with Crippen molar-refractivity contribution in [3.63, 3.8) is 0 Å². The summed E-state index contributed by atoms with van der Waals surface area (Å²) in [5, 5.41) is 2.67. The minimum Gasteiger partial charge on any atom is -0.352 e. The summed E-state index contributed by atoms with van der Waals surface area (Å²) >= 11 is 0. The Morgan fingerprint density at radius 1 is 1.09 bits per heavy atom. The van der Waals surface area contributed by atoms with Crippen LogP contribution in [0.1, 0.15) is 28.0 Å². The van der Waals surface area contributed by atoms with Gasteiger partial charge in [-0.15, -0.1) is 0 Å². The number of halogens is 3. The molecule has 0 saturated carbocycles. The molecule has 0 bridgehead atoms. The van der Waals surface area contributed by atoms with Crippen LogP contribution in [0.25, 0.3) is 0 Å². The van der Waals surface area contributed by atoms with Gasteiger partial charge >= 0.3 is 6.18 Å². The van der Waals surface area contributed by atoms with E-state index in [2.05, 4.69) is 10.3 Å². The first kappa shape index (κ1) is 16.0. The Morgan fingerprint density at radius 2 is 1.82 bits per heavy atom. The van der Waals surface area contributed by atoms with Crippen LogP contribution in [0.5, 0.6) is 0 Å². The Hall–Kier alpha value is -2.37. The molecule has 0 aliphatic heterocycles. The van der Waals surface area contributed by atoms with Gasteiger partial charge in [-0.2, -0.15) is 13.2 Å². The monoisotopic (exact) mass is 308 g/mol. The maximum atomic E-state index is 12.4. The van der Waals surface area contributed by atoms with Gasteiger partial charge < -0.3 is 5.32 Å². The van der Waals surface area contributed by atoms with Crippen LogP contribution in [-0.4, -0.2) is 17.4 Å². The highest BCUT2D eigenvalue weighted by Gasteiger charge is 2.32. The van der Waals surface area contributed by atoms with E-state index in [-0.39, 0.29) is 5.56 Å². The highest BCUT2D eigenvalue weighted by Crippen LogP contribution is 2.27. The third-order valence-corrected chi connectivity index (χ3v) is 3.09. The van der Waals surface area contributed by atoms with E-state index in [1.807, 2.05) is 30.3 Å². The van der Waals surface area contributed by atoms with E-state index in [0.29, 0.717) is 6.54 Å². The number of hydrogen-bond donors (Lipinski definition) is 1. The van der Waals surface area contributed by atoms with Gasteiger partial charge in [-0.1, -0.05) is 30.3 Å². The van der Waals surface area contributed by atoms with Crippen LogP contribution < -0.4 is 5.32 Å². The molecule has 0 spiro atoms. The van der Waals surface area contributed by atoms with Crippen LogP contribution in [0.3, 0.4) is 0 Å². The Bertz CT molecular complexity index is 610. The molecule has 116 valence electrons. The molecule has 6 heteroatoms. The fourth-order valence-corrected chi connectivity index (χ4v) is 1.94. The quantitative estimate of drug-likeness (QED) is 0.860. The van der Waals surface area contributed by atoms with Crippen LogP contribution in [0.2, 0.25) is 0 Å². The van der Waals surface area contributed by atoms with Gasteiger partial charge in [0.15, 0.2) is 0 Å². The van der Waals surface area contributed by atoms with E-state index in [1.165, 1.54) is 5.56 Å². The normalized spacial score (nSPS) is 11.2. The molecule has 1 N–H and O–H groups in total. The molecule has 0 atom stereocenters. The Kier molecular flexibility index (Phi) is 5.14. The first-order chi connectivity index (χ1) is 10.5. The summed E-state index contributed by atoms with van der Waals surface area (Å²) in [6.45, 7) is 0.453. The molecular weight excluding hydrogens is 293 g/mol. The van der Waals surface area contributed by atoms with E-state index < -0.39 is 17.8 Å². The molecule has 2 rings (SSSR count). The summed E-state index contributed by atoms with van der Waals surface area (Å²) in [5.74, 6) is -0.422. The lowest BCUT2D eigenvalue weighted by Crippen LogP contribution is -2.25. The molecule has 1 aromatic heterocycles. The molecule has 1 heterocycles. The third kappa shape index (κ3) is 4.58. The molecule has 0 radical (unpaired) electrons. The maximum absolute atomic E-state index is 12.4. The zero-order valence-corrected chi connectivity index (χ0v) is 11.7. The number of nitrogens with zero attached hydrogens (tertiary/aromatic N) is 1. The highest BCUT2D eigenvalue weighted by atomic mass is 19.4. The zero-order chi connectivity index (χ0) is 16.0.